The van der Waals surface area contributed by atoms with E-state index in [4.69, 9.17) is 21.1 Å². The second-order valence-electron chi connectivity index (χ2n) is 13.5. The number of aromatic nitrogens is 6. The number of ether oxygens (including phenoxy) is 2. The third-order valence-corrected chi connectivity index (χ3v) is 13.7. The summed E-state index contributed by atoms with van der Waals surface area (Å²) in [5.41, 5.74) is -1.16. The van der Waals surface area contributed by atoms with E-state index in [1.807, 2.05) is 23.9 Å². The van der Waals surface area contributed by atoms with Crippen molar-refractivity contribution in [2.75, 3.05) is 27.2 Å². The number of carboxylic acids is 2. The molecule has 2 aromatic carbocycles. The van der Waals surface area contributed by atoms with Crippen molar-refractivity contribution in [2.45, 2.75) is 55.2 Å². The lowest BCUT2D eigenvalue weighted by Crippen LogP contribution is -2.58. The summed E-state index contributed by atoms with van der Waals surface area (Å²) in [6.45, 7) is 2.11. The lowest BCUT2D eigenvalue weighted by molar-refractivity contribution is 0.0630. The van der Waals surface area contributed by atoms with Gasteiger partial charge in [-0.05, 0) is 89.8 Å². The van der Waals surface area contributed by atoms with Crippen molar-refractivity contribution < 1.29 is 54.9 Å². The highest BCUT2D eigenvalue weighted by atomic mass is 35.5. The Kier molecular flexibility index (Phi) is 12.1. The smallest absolute Gasteiger partial charge is 0.359 e. The molecule has 0 saturated carbocycles. The van der Waals surface area contributed by atoms with E-state index < -0.39 is 99.8 Å². The summed E-state index contributed by atoms with van der Waals surface area (Å²) in [7, 11) is -4.61. The van der Waals surface area contributed by atoms with E-state index in [0.29, 0.717) is 13.1 Å². The number of hydrogen-bond acceptors (Lipinski definition) is 14. The fourth-order valence-corrected chi connectivity index (χ4v) is 9.44. The first kappa shape index (κ1) is 42.0. The summed E-state index contributed by atoms with van der Waals surface area (Å²) >= 11 is 6.16. The number of rotatable bonds is 9. The third kappa shape index (κ3) is 8.90. The van der Waals surface area contributed by atoms with Crippen LogP contribution in [0, 0.1) is 40.9 Å². The van der Waals surface area contributed by atoms with Crippen molar-refractivity contribution >= 4 is 43.2 Å². The molecule has 18 nitrogen and oxygen atoms in total. The lowest BCUT2D eigenvalue weighted by atomic mass is 9.89. The van der Waals surface area contributed by atoms with Gasteiger partial charge < -0.3 is 29.5 Å². The van der Waals surface area contributed by atoms with Crippen LogP contribution in [-0.4, -0.2) is 129 Å². The number of sulfone groups is 2. The first-order chi connectivity index (χ1) is 27.4. The molecule has 4 heterocycles. The SMILES string of the molecule is Cc1c(F)cc(Oc2nn[nH]c2C(=O)O)cc1C#CS(=O)(=O)C1CCN(C)C(C2CC(S(=O)(=O)C#Cc3ccc(Oc4nn[nH]c4C(=O)O)c(F)c3Cl)CCN2C)C1. The van der Waals surface area contributed by atoms with Crippen molar-refractivity contribution in [3.8, 4) is 45.6 Å². The van der Waals surface area contributed by atoms with E-state index in [2.05, 4.69) is 53.2 Å². The molecule has 0 bridgehead atoms. The highest BCUT2D eigenvalue weighted by Crippen LogP contribution is 2.34. The van der Waals surface area contributed by atoms with Crippen LogP contribution in [-0.2, 0) is 19.7 Å². The van der Waals surface area contributed by atoms with Gasteiger partial charge in [0.1, 0.15) is 11.6 Å². The second-order valence-corrected chi connectivity index (χ2v) is 17.8. The van der Waals surface area contributed by atoms with Crippen molar-refractivity contribution in [3.05, 3.63) is 69.0 Å². The zero-order valence-corrected chi connectivity index (χ0v) is 33.0. The summed E-state index contributed by atoms with van der Waals surface area (Å²) in [4.78, 5) is 26.6. The van der Waals surface area contributed by atoms with Gasteiger partial charge in [0, 0.05) is 45.3 Å². The van der Waals surface area contributed by atoms with Crippen LogP contribution in [0.15, 0.2) is 24.3 Å². The van der Waals surface area contributed by atoms with Crippen LogP contribution in [0.3, 0.4) is 0 Å². The molecule has 2 aromatic heterocycles. The van der Waals surface area contributed by atoms with Gasteiger partial charge in [-0.1, -0.05) is 32.2 Å². The van der Waals surface area contributed by atoms with Gasteiger partial charge in [0.15, 0.2) is 11.6 Å². The van der Waals surface area contributed by atoms with E-state index in [-0.39, 0.29) is 48.1 Å². The maximum absolute atomic E-state index is 15.1. The first-order valence-electron chi connectivity index (χ1n) is 17.2. The molecule has 4 atom stereocenters. The Morgan fingerprint density at radius 1 is 0.828 bits per heavy atom. The minimum Gasteiger partial charge on any atom is -0.476 e. The summed E-state index contributed by atoms with van der Waals surface area (Å²) in [6.07, 6.45) is 0.681. The second kappa shape index (κ2) is 16.7. The molecular formula is C35H33ClF2N8O10S2. The quantitative estimate of drug-likeness (QED) is 0.176. The highest BCUT2D eigenvalue weighted by Gasteiger charge is 2.43. The standard InChI is InChI=1S/C35H33ClF2N8O10S2/c1-18-20(14-21(15-24(18)37)55-32-30(34(47)48)39-43-41-32)9-13-58(53,54)23-7-11-46(3)26(17-23)25-16-22(6-10-45(25)2)57(51,52)12-8-19-4-5-27(29(38)28(19)36)56-33-31(35(49)50)40-44-42-33/h4-5,14-15,22-23,25-26H,6-7,10-11,16-17H2,1-3H3,(H,47,48)(H,49,50)(H,39,41,43)(H,40,42,44). The first-order valence-corrected chi connectivity index (χ1v) is 20.7. The normalized spacial score (nSPS) is 20.3. The number of likely N-dealkylation sites (N-methyl/N-ethyl adjacent to an activating group) is 2. The molecule has 2 aliphatic rings. The van der Waals surface area contributed by atoms with Crippen LogP contribution in [0.25, 0.3) is 0 Å². The third-order valence-electron chi connectivity index (χ3n) is 9.97. The van der Waals surface area contributed by atoms with Gasteiger partial charge in [-0.2, -0.15) is 0 Å². The summed E-state index contributed by atoms with van der Waals surface area (Å²) in [5.74, 6) is -1.46. The Hall–Kier alpha value is -5.65. The molecule has 0 amide bonds. The Bertz CT molecular complexity index is 2640. The molecular weight excluding hydrogens is 830 g/mol. The molecule has 6 rings (SSSR count). The number of nitrogens with one attached hydrogen (secondary N) is 2. The minimum atomic E-state index is -4.13. The fourth-order valence-electron chi connectivity index (χ4n) is 6.67. The number of nitrogens with zero attached hydrogens (tertiary/aromatic N) is 6. The number of aromatic carboxylic acids is 2. The molecule has 2 aliphatic heterocycles. The summed E-state index contributed by atoms with van der Waals surface area (Å²) < 4.78 is 95.1. The van der Waals surface area contributed by atoms with Gasteiger partial charge in [0.25, 0.3) is 11.8 Å². The zero-order chi connectivity index (χ0) is 42.1. The van der Waals surface area contributed by atoms with E-state index in [9.17, 15) is 41.0 Å². The molecule has 0 radical (unpaired) electrons. The summed E-state index contributed by atoms with van der Waals surface area (Å²) in [6, 6.07) is 3.71. The number of likely N-dealkylation sites (tertiary alicyclic amines) is 2. The van der Waals surface area contributed by atoms with Gasteiger partial charge in [0.05, 0.1) is 15.5 Å². The molecule has 4 N–H and O–H groups in total. The number of H-pyrrole nitrogens is 2. The number of aromatic amines is 2. The maximum atomic E-state index is 15.1. The highest BCUT2D eigenvalue weighted by molar-refractivity contribution is 7.97. The average Bonchev–Trinajstić information content (AvgIpc) is 3.84. The van der Waals surface area contributed by atoms with Gasteiger partial charge in [-0.3, -0.25) is 0 Å². The van der Waals surface area contributed by atoms with Crippen molar-refractivity contribution in [2.24, 2.45) is 0 Å². The van der Waals surface area contributed by atoms with Gasteiger partial charge in [0.2, 0.25) is 31.1 Å². The maximum Gasteiger partial charge on any atom is 0.359 e. The Balaban J connectivity index is 1.17. The lowest BCUT2D eigenvalue weighted by Gasteiger charge is -2.47. The molecule has 58 heavy (non-hydrogen) atoms. The van der Waals surface area contributed by atoms with Crippen LogP contribution in [0.1, 0.15) is 63.4 Å². The van der Waals surface area contributed by atoms with E-state index in [0.717, 1.165) is 12.1 Å². The molecule has 0 aliphatic carbocycles. The van der Waals surface area contributed by atoms with E-state index >= 15 is 4.39 Å². The molecule has 2 fully saturated rings. The number of piperidine rings is 2. The van der Waals surface area contributed by atoms with Gasteiger partial charge in [-0.15, -0.1) is 0 Å². The molecule has 0 spiro atoms. The largest absolute Gasteiger partial charge is 0.476 e. The molecule has 4 aromatic rings. The monoisotopic (exact) mass is 862 g/mol. The topological polar surface area (TPSA) is 251 Å². The molecule has 306 valence electrons. The molecule has 4 unspecified atom stereocenters. The van der Waals surface area contributed by atoms with Gasteiger partial charge >= 0.3 is 11.9 Å². The number of carboxylic acid groups (broad SMARTS) is 2. The Morgan fingerprint density at radius 2 is 1.33 bits per heavy atom. The van der Waals surface area contributed by atoms with Gasteiger partial charge in [-0.25, -0.2) is 45.4 Å². The van der Waals surface area contributed by atoms with E-state index in [1.165, 1.54) is 19.1 Å². The fraction of sp³-hybridized carbons (Fsp3) is 0.371. The summed E-state index contributed by atoms with van der Waals surface area (Å²) in [5, 5.41) is 38.5. The van der Waals surface area contributed by atoms with Crippen LogP contribution in [0.4, 0.5) is 8.78 Å². The molecule has 2 saturated heterocycles. The minimum absolute atomic E-state index is 0.0150. The zero-order valence-electron chi connectivity index (χ0n) is 30.7. The van der Waals surface area contributed by atoms with Crippen LogP contribution >= 0.6 is 11.6 Å². The van der Waals surface area contributed by atoms with Crippen LogP contribution in [0.5, 0.6) is 23.3 Å². The van der Waals surface area contributed by atoms with Crippen LogP contribution < -0.4 is 9.47 Å². The van der Waals surface area contributed by atoms with Crippen molar-refractivity contribution in [1.82, 2.24) is 40.6 Å². The number of carbonyl (C=O) groups is 2. The molecule has 23 heteroatoms. The number of hydrogen-bond donors (Lipinski definition) is 4. The van der Waals surface area contributed by atoms with Crippen molar-refractivity contribution in [3.63, 3.8) is 0 Å². The predicted octanol–water partition coefficient (Wildman–Crippen LogP) is 3.22. The Morgan fingerprint density at radius 3 is 1.84 bits per heavy atom. The van der Waals surface area contributed by atoms with Crippen molar-refractivity contribution in [1.29, 1.82) is 0 Å². The van der Waals surface area contributed by atoms with E-state index in [1.54, 1.807) is 0 Å². The predicted molar refractivity (Wildman–Crippen MR) is 200 cm³/mol. The number of halogens is 3. The Labute approximate surface area is 334 Å². The average molecular weight is 863 g/mol. The number of benzene rings is 2. The van der Waals surface area contributed by atoms with Crippen LogP contribution in [0.2, 0.25) is 5.02 Å².